The Bertz CT molecular complexity index is 344. The van der Waals surface area contributed by atoms with Gasteiger partial charge in [0.25, 0.3) is 0 Å². The van der Waals surface area contributed by atoms with Crippen molar-refractivity contribution >= 4 is 15.9 Å². The van der Waals surface area contributed by atoms with Gasteiger partial charge in [-0.25, -0.2) is 0 Å². The Hall–Kier alpha value is -0.780. The third-order valence-corrected chi connectivity index (χ3v) is 2.79. The first kappa shape index (κ1) is 12.3. The molecular weight excluding hydrogens is 262 g/mol. The Morgan fingerprint density at radius 2 is 1.87 bits per heavy atom. The number of ether oxygens (including phenoxy) is 2. The molecule has 0 bridgehead atoms. The second-order valence-corrected chi connectivity index (χ2v) is 3.87. The zero-order valence-electron chi connectivity index (χ0n) is 8.66. The van der Waals surface area contributed by atoms with Gasteiger partial charge in [0, 0.05) is 4.47 Å². The van der Waals surface area contributed by atoms with E-state index in [2.05, 4.69) is 15.9 Å². The lowest BCUT2D eigenvalue weighted by Crippen LogP contribution is -2.15. The molecule has 0 heterocycles. The second kappa shape index (κ2) is 5.34. The van der Waals surface area contributed by atoms with E-state index in [0.29, 0.717) is 11.5 Å². The van der Waals surface area contributed by atoms with Crippen LogP contribution in [0.1, 0.15) is 11.6 Å². The van der Waals surface area contributed by atoms with Gasteiger partial charge < -0.3 is 20.3 Å². The Kier molecular flexibility index (Phi) is 4.38. The lowest BCUT2D eigenvalue weighted by Gasteiger charge is -2.15. The molecule has 0 spiro atoms. The largest absolute Gasteiger partial charge is 0.493 e. The molecule has 0 aliphatic rings. The molecule has 0 unspecified atom stereocenters. The minimum Gasteiger partial charge on any atom is -0.493 e. The van der Waals surface area contributed by atoms with Crippen molar-refractivity contribution in [1.29, 1.82) is 0 Å². The fourth-order valence-corrected chi connectivity index (χ4v) is 1.87. The van der Waals surface area contributed by atoms with Crippen LogP contribution in [0.3, 0.4) is 0 Å². The van der Waals surface area contributed by atoms with E-state index < -0.39 is 6.04 Å². The smallest absolute Gasteiger partial charge is 0.161 e. The van der Waals surface area contributed by atoms with Crippen LogP contribution in [0.5, 0.6) is 11.5 Å². The number of nitrogens with two attached hydrogens (primary N) is 1. The maximum Gasteiger partial charge on any atom is 0.161 e. The molecule has 1 rings (SSSR count). The van der Waals surface area contributed by atoms with Crippen molar-refractivity contribution in [3.05, 3.63) is 22.2 Å². The Labute approximate surface area is 97.1 Å². The molecule has 1 atom stereocenters. The molecule has 4 nitrogen and oxygen atoms in total. The summed E-state index contributed by atoms with van der Waals surface area (Å²) in [6.45, 7) is -0.117. The molecule has 5 heteroatoms. The molecule has 15 heavy (non-hydrogen) atoms. The molecule has 0 aliphatic carbocycles. The number of benzene rings is 1. The molecule has 3 N–H and O–H groups in total. The van der Waals surface area contributed by atoms with Crippen molar-refractivity contribution in [1.82, 2.24) is 0 Å². The predicted molar refractivity (Wildman–Crippen MR) is 61.3 cm³/mol. The summed E-state index contributed by atoms with van der Waals surface area (Å²) in [6, 6.07) is 3.09. The van der Waals surface area contributed by atoms with E-state index in [9.17, 15) is 0 Å². The van der Waals surface area contributed by atoms with Crippen LogP contribution >= 0.6 is 15.9 Å². The highest BCUT2D eigenvalue weighted by molar-refractivity contribution is 9.10. The SMILES string of the molecule is COc1cc(Br)c([C@H](N)CO)cc1OC. The average Bonchev–Trinajstić information content (AvgIpc) is 2.27. The van der Waals surface area contributed by atoms with Gasteiger partial charge in [-0.3, -0.25) is 0 Å². The van der Waals surface area contributed by atoms with Gasteiger partial charge in [-0.2, -0.15) is 0 Å². The first-order valence-corrected chi connectivity index (χ1v) is 5.21. The highest BCUT2D eigenvalue weighted by atomic mass is 79.9. The van der Waals surface area contributed by atoms with Crippen LogP contribution in [0.25, 0.3) is 0 Å². The van der Waals surface area contributed by atoms with E-state index in [1.54, 1.807) is 26.4 Å². The predicted octanol–water partition coefficient (Wildman–Crippen LogP) is 1.46. The highest BCUT2D eigenvalue weighted by Crippen LogP contribution is 2.35. The van der Waals surface area contributed by atoms with Crippen LogP contribution in [-0.4, -0.2) is 25.9 Å². The fourth-order valence-electron chi connectivity index (χ4n) is 1.25. The quantitative estimate of drug-likeness (QED) is 0.873. The number of methoxy groups -OCH3 is 2. The zero-order valence-corrected chi connectivity index (χ0v) is 10.2. The maximum atomic E-state index is 8.98. The average molecular weight is 276 g/mol. The van der Waals surface area contributed by atoms with Crippen molar-refractivity contribution < 1.29 is 14.6 Å². The molecule has 1 aromatic rings. The van der Waals surface area contributed by atoms with Gasteiger partial charge in [0.05, 0.1) is 26.9 Å². The van der Waals surface area contributed by atoms with Gasteiger partial charge in [0.15, 0.2) is 11.5 Å². The maximum absolute atomic E-state index is 8.98. The molecule has 0 aromatic heterocycles. The topological polar surface area (TPSA) is 64.7 Å². The summed E-state index contributed by atoms with van der Waals surface area (Å²) in [5, 5.41) is 8.98. The lowest BCUT2D eigenvalue weighted by molar-refractivity contribution is 0.267. The van der Waals surface area contributed by atoms with Crippen molar-refractivity contribution in [3.63, 3.8) is 0 Å². The Balaban J connectivity index is 3.19. The molecule has 1 aromatic carbocycles. The van der Waals surface area contributed by atoms with E-state index in [4.69, 9.17) is 20.3 Å². The van der Waals surface area contributed by atoms with Gasteiger partial charge in [-0.1, -0.05) is 15.9 Å². The monoisotopic (exact) mass is 275 g/mol. The Morgan fingerprint density at radius 1 is 1.33 bits per heavy atom. The summed E-state index contributed by atoms with van der Waals surface area (Å²) < 4.78 is 11.1. The minimum atomic E-state index is -0.431. The van der Waals surface area contributed by atoms with Crippen molar-refractivity contribution in [2.45, 2.75) is 6.04 Å². The Morgan fingerprint density at radius 3 is 2.33 bits per heavy atom. The number of aliphatic hydroxyl groups is 1. The standard InChI is InChI=1S/C10H14BrNO3/c1-14-9-3-6(8(12)5-13)7(11)4-10(9)15-2/h3-4,8,13H,5,12H2,1-2H3/t8-/m1/s1. The van der Waals surface area contributed by atoms with Crippen molar-refractivity contribution in [2.75, 3.05) is 20.8 Å². The van der Waals surface area contributed by atoms with Gasteiger partial charge in [0.1, 0.15) is 0 Å². The highest BCUT2D eigenvalue weighted by Gasteiger charge is 2.14. The molecule has 0 saturated carbocycles. The second-order valence-electron chi connectivity index (χ2n) is 3.02. The van der Waals surface area contributed by atoms with Crippen LogP contribution in [0.2, 0.25) is 0 Å². The van der Waals surface area contributed by atoms with Gasteiger partial charge >= 0.3 is 0 Å². The number of aliphatic hydroxyl groups excluding tert-OH is 1. The van der Waals surface area contributed by atoms with E-state index in [0.717, 1.165) is 10.0 Å². The number of rotatable bonds is 4. The molecule has 84 valence electrons. The molecule has 0 aliphatic heterocycles. The summed E-state index contributed by atoms with van der Waals surface area (Å²) in [5.41, 5.74) is 6.52. The normalized spacial score (nSPS) is 12.3. The molecule has 0 amide bonds. The van der Waals surface area contributed by atoms with Gasteiger partial charge in [-0.15, -0.1) is 0 Å². The van der Waals surface area contributed by atoms with E-state index >= 15 is 0 Å². The first-order chi connectivity index (χ1) is 7.13. The third-order valence-electron chi connectivity index (χ3n) is 2.10. The van der Waals surface area contributed by atoms with Crippen molar-refractivity contribution in [3.8, 4) is 11.5 Å². The molecule has 0 fully saturated rings. The van der Waals surface area contributed by atoms with E-state index in [-0.39, 0.29) is 6.61 Å². The van der Waals surface area contributed by atoms with Crippen molar-refractivity contribution in [2.24, 2.45) is 5.73 Å². The zero-order chi connectivity index (χ0) is 11.4. The van der Waals surface area contributed by atoms with Crippen LogP contribution in [-0.2, 0) is 0 Å². The summed E-state index contributed by atoms with van der Waals surface area (Å²) in [6.07, 6.45) is 0. The summed E-state index contributed by atoms with van der Waals surface area (Å²) >= 11 is 3.37. The first-order valence-electron chi connectivity index (χ1n) is 4.41. The summed E-state index contributed by atoms with van der Waals surface area (Å²) in [4.78, 5) is 0. The van der Waals surface area contributed by atoms with E-state index in [1.165, 1.54) is 0 Å². The van der Waals surface area contributed by atoms with Crippen LogP contribution in [0.4, 0.5) is 0 Å². The lowest BCUT2D eigenvalue weighted by atomic mass is 10.1. The molecule has 0 saturated heterocycles. The number of hydrogen-bond donors (Lipinski definition) is 2. The van der Waals surface area contributed by atoms with Crippen LogP contribution < -0.4 is 15.2 Å². The third kappa shape index (κ3) is 2.62. The minimum absolute atomic E-state index is 0.117. The summed E-state index contributed by atoms with van der Waals surface area (Å²) in [7, 11) is 3.12. The number of hydrogen-bond acceptors (Lipinski definition) is 4. The summed E-state index contributed by atoms with van der Waals surface area (Å²) in [5.74, 6) is 1.22. The fraction of sp³-hybridized carbons (Fsp3) is 0.400. The molecule has 0 radical (unpaired) electrons. The number of halogens is 1. The van der Waals surface area contributed by atoms with Gasteiger partial charge in [-0.05, 0) is 17.7 Å². The van der Waals surface area contributed by atoms with Gasteiger partial charge in [0.2, 0.25) is 0 Å². The molecular formula is C10H14BrNO3. The van der Waals surface area contributed by atoms with Crippen LogP contribution in [0.15, 0.2) is 16.6 Å². The van der Waals surface area contributed by atoms with E-state index in [1.807, 2.05) is 0 Å². The van der Waals surface area contributed by atoms with Crippen LogP contribution in [0, 0.1) is 0 Å².